The van der Waals surface area contributed by atoms with E-state index in [-0.39, 0.29) is 0 Å². The van der Waals surface area contributed by atoms with Crippen LogP contribution in [0.4, 0.5) is 0 Å². The van der Waals surface area contributed by atoms with Gasteiger partial charge < -0.3 is 9.30 Å². The molecule has 0 saturated heterocycles. The lowest BCUT2D eigenvalue weighted by Gasteiger charge is -2.16. The molecule has 0 bridgehead atoms. The number of aromatic nitrogens is 2. The summed E-state index contributed by atoms with van der Waals surface area (Å²) < 4.78 is 8.92. The van der Waals surface area contributed by atoms with E-state index in [1.54, 1.807) is 0 Å². The van der Waals surface area contributed by atoms with Crippen LogP contribution in [0.15, 0.2) is 41.3 Å². The molecule has 0 amide bonds. The molecule has 0 N–H and O–H groups in total. The SMILES string of the molecule is C[Si](C)(C)CCOCn1cncc1-c1ccc(Br)cc1. The van der Waals surface area contributed by atoms with E-state index in [4.69, 9.17) is 4.74 Å². The first kappa shape index (κ1) is 15.5. The number of imidazole rings is 1. The number of hydrogen-bond acceptors (Lipinski definition) is 2. The van der Waals surface area contributed by atoms with E-state index in [2.05, 4.69) is 52.7 Å². The van der Waals surface area contributed by atoms with Gasteiger partial charge in [-0.1, -0.05) is 47.7 Å². The van der Waals surface area contributed by atoms with Crippen LogP contribution in [0.3, 0.4) is 0 Å². The van der Waals surface area contributed by atoms with E-state index in [1.165, 1.54) is 6.04 Å². The third-order valence-corrected chi connectivity index (χ3v) is 5.31. The maximum atomic E-state index is 5.79. The van der Waals surface area contributed by atoms with Gasteiger partial charge in [-0.25, -0.2) is 4.98 Å². The number of rotatable bonds is 6. The molecular formula is C15H21BrN2OSi. The maximum absolute atomic E-state index is 5.79. The third-order valence-electron chi connectivity index (χ3n) is 3.08. The number of nitrogens with zero attached hydrogens (tertiary/aromatic N) is 2. The van der Waals surface area contributed by atoms with Crippen molar-refractivity contribution in [3.63, 3.8) is 0 Å². The lowest BCUT2D eigenvalue weighted by atomic mass is 10.2. The lowest BCUT2D eigenvalue weighted by Crippen LogP contribution is -2.22. The van der Waals surface area contributed by atoms with E-state index in [1.807, 2.05) is 29.2 Å². The minimum Gasteiger partial charge on any atom is -0.361 e. The molecule has 0 spiro atoms. The Labute approximate surface area is 130 Å². The van der Waals surface area contributed by atoms with Gasteiger partial charge in [-0.05, 0) is 23.7 Å². The van der Waals surface area contributed by atoms with Gasteiger partial charge in [0.05, 0.1) is 18.2 Å². The highest BCUT2D eigenvalue weighted by atomic mass is 79.9. The highest BCUT2D eigenvalue weighted by Gasteiger charge is 2.12. The molecule has 0 unspecified atom stereocenters. The largest absolute Gasteiger partial charge is 0.361 e. The first-order valence-corrected chi connectivity index (χ1v) is 11.3. The van der Waals surface area contributed by atoms with Crippen molar-refractivity contribution in [1.82, 2.24) is 9.55 Å². The van der Waals surface area contributed by atoms with Crippen LogP contribution in [0.2, 0.25) is 25.7 Å². The molecule has 0 saturated carbocycles. The minimum atomic E-state index is -1.02. The highest BCUT2D eigenvalue weighted by molar-refractivity contribution is 9.10. The highest BCUT2D eigenvalue weighted by Crippen LogP contribution is 2.21. The third kappa shape index (κ3) is 4.58. The molecule has 0 aliphatic carbocycles. The molecule has 1 aromatic heterocycles. The quantitative estimate of drug-likeness (QED) is 0.559. The molecule has 0 aliphatic heterocycles. The second-order valence-corrected chi connectivity index (χ2v) is 12.6. The fourth-order valence-electron chi connectivity index (χ4n) is 1.83. The Morgan fingerprint density at radius 1 is 1.20 bits per heavy atom. The van der Waals surface area contributed by atoms with Gasteiger partial charge in [-0.15, -0.1) is 0 Å². The van der Waals surface area contributed by atoms with E-state index in [9.17, 15) is 0 Å². The van der Waals surface area contributed by atoms with Crippen LogP contribution in [0.25, 0.3) is 11.3 Å². The van der Waals surface area contributed by atoms with Crippen molar-refractivity contribution in [2.24, 2.45) is 0 Å². The van der Waals surface area contributed by atoms with Crippen LogP contribution in [0.5, 0.6) is 0 Å². The van der Waals surface area contributed by atoms with Gasteiger partial charge in [0.15, 0.2) is 0 Å². The summed E-state index contributed by atoms with van der Waals surface area (Å²) in [6, 6.07) is 9.44. The molecule has 0 radical (unpaired) electrons. The molecule has 0 atom stereocenters. The standard InChI is InChI=1S/C15H21BrN2OSi/c1-20(2,3)9-8-19-12-18-11-17-10-15(18)13-4-6-14(16)7-5-13/h4-7,10-11H,8-9,12H2,1-3H3. The van der Waals surface area contributed by atoms with Crippen LogP contribution >= 0.6 is 15.9 Å². The Morgan fingerprint density at radius 2 is 1.90 bits per heavy atom. The predicted octanol–water partition coefficient (Wildman–Crippen LogP) is 4.62. The average Bonchev–Trinajstić information content (AvgIpc) is 2.83. The second-order valence-electron chi connectivity index (χ2n) is 6.10. The van der Waals surface area contributed by atoms with Crippen LogP contribution in [0, 0.1) is 0 Å². The zero-order valence-electron chi connectivity index (χ0n) is 12.3. The van der Waals surface area contributed by atoms with Crippen molar-refractivity contribution >= 4 is 24.0 Å². The molecule has 20 heavy (non-hydrogen) atoms. The average molecular weight is 353 g/mol. The Morgan fingerprint density at radius 3 is 2.55 bits per heavy atom. The Kier molecular flexibility index (Phi) is 5.18. The summed E-state index contributed by atoms with van der Waals surface area (Å²) in [6.45, 7) is 8.48. The molecule has 0 aliphatic rings. The number of benzene rings is 1. The normalized spacial score (nSPS) is 11.8. The van der Waals surface area contributed by atoms with Crippen molar-refractivity contribution in [1.29, 1.82) is 0 Å². The Balaban J connectivity index is 1.97. The molecule has 1 heterocycles. The van der Waals surface area contributed by atoms with Crippen LogP contribution in [0.1, 0.15) is 0 Å². The van der Waals surface area contributed by atoms with Crippen molar-refractivity contribution in [3.05, 3.63) is 41.3 Å². The summed E-state index contributed by atoms with van der Waals surface area (Å²) in [4.78, 5) is 4.23. The van der Waals surface area contributed by atoms with Crippen LogP contribution in [-0.4, -0.2) is 24.2 Å². The Hall–Kier alpha value is -0.913. The van der Waals surface area contributed by atoms with Gasteiger partial charge in [0, 0.05) is 19.2 Å². The van der Waals surface area contributed by atoms with Crippen molar-refractivity contribution in [2.75, 3.05) is 6.61 Å². The van der Waals surface area contributed by atoms with Gasteiger partial charge in [0.25, 0.3) is 0 Å². The predicted molar refractivity (Wildman–Crippen MR) is 89.5 cm³/mol. The fraction of sp³-hybridized carbons (Fsp3) is 0.400. The number of ether oxygens (including phenoxy) is 1. The maximum Gasteiger partial charge on any atom is 0.124 e. The summed E-state index contributed by atoms with van der Waals surface area (Å²) in [5, 5.41) is 0. The molecular weight excluding hydrogens is 332 g/mol. The molecule has 3 nitrogen and oxygen atoms in total. The van der Waals surface area contributed by atoms with Gasteiger partial charge in [0.1, 0.15) is 6.73 Å². The first-order valence-electron chi connectivity index (χ1n) is 6.79. The van der Waals surface area contributed by atoms with E-state index in [0.717, 1.165) is 22.3 Å². The zero-order chi connectivity index (χ0) is 14.6. The minimum absolute atomic E-state index is 0.565. The second kappa shape index (κ2) is 6.69. The lowest BCUT2D eigenvalue weighted by molar-refractivity contribution is 0.0882. The zero-order valence-corrected chi connectivity index (χ0v) is 14.9. The first-order chi connectivity index (χ1) is 9.46. The summed E-state index contributed by atoms with van der Waals surface area (Å²) in [7, 11) is -1.02. The number of halogens is 1. The molecule has 108 valence electrons. The van der Waals surface area contributed by atoms with Gasteiger partial charge >= 0.3 is 0 Å². The number of hydrogen-bond donors (Lipinski definition) is 0. The summed E-state index contributed by atoms with van der Waals surface area (Å²) in [5.41, 5.74) is 2.24. The van der Waals surface area contributed by atoms with Crippen LogP contribution < -0.4 is 0 Å². The summed E-state index contributed by atoms with van der Waals surface area (Å²) in [5.74, 6) is 0. The van der Waals surface area contributed by atoms with E-state index in [0.29, 0.717) is 6.73 Å². The monoisotopic (exact) mass is 352 g/mol. The molecule has 1 aromatic carbocycles. The van der Waals surface area contributed by atoms with Gasteiger partial charge in [-0.2, -0.15) is 0 Å². The molecule has 2 aromatic rings. The summed E-state index contributed by atoms with van der Waals surface area (Å²) in [6.07, 6.45) is 3.71. The molecule has 5 heteroatoms. The molecule has 0 fully saturated rings. The van der Waals surface area contributed by atoms with Crippen molar-refractivity contribution < 1.29 is 4.74 Å². The van der Waals surface area contributed by atoms with E-state index >= 15 is 0 Å². The van der Waals surface area contributed by atoms with E-state index < -0.39 is 8.07 Å². The van der Waals surface area contributed by atoms with Crippen molar-refractivity contribution in [2.45, 2.75) is 32.4 Å². The van der Waals surface area contributed by atoms with Gasteiger partial charge in [0.2, 0.25) is 0 Å². The van der Waals surface area contributed by atoms with Crippen LogP contribution in [-0.2, 0) is 11.5 Å². The summed E-state index contributed by atoms with van der Waals surface area (Å²) >= 11 is 3.45. The topological polar surface area (TPSA) is 27.1 Å². The Bertz CT molecular complexity index is 546. The van der Waals surface area contributed by atoms with Gasteiger partial charge in [-0.3, -0.25) is 0 Å². The molecule has 2 rings (SSSR count). The van der Waals surface area contributed by atoms with Crippen molar-refractivity contribution in [3.8, 4) is 11.3 Å². The fourth-order valence-corrected chi connectivity index (χ4v) is 2.85. The smallest absolute Gasteiger partial charge is 0.124 e.